The number of nitrogens with zero attached hydrogens (tertiary/aromatic N) is 1. The van der Waals surface area contributed by atoms with Crippen LogP contribution in [0.2, 0.25) is 5.02 Å². The molecular formula is C24H17ClF3NO6. The van der Waals surface area contributed by atoms with Crippen LogP contribution in [-0.4, -0.2) is 30.3 Å². The summed E-state index contributed by atoms with van der Waals surface area (Å²) in [5.74, 6) is -2.29. The van der Waals surface area contributed by atoms with Gasteiger partial charge in [-0.1, -0.05) is 11.6 Å². The van der Waals surface area contributed by atoms with E-state index in [-0.39, 0.29) is 33.4 Å². The van der Waals surface area contributed by atoms with Crippen molar-refractivity contribution in [2.75, 3.05) is 12.0 Å². The molecule has 2 heterocycles. The number of ketones is 1. The van der Waals surface area contributed by atoms with E-state index in [0.717, 1.165) is 17.0 Å². The number of anilines is 1. The molecule has 182 valence electrons. The van der Waals surface area contributed by atoms with Crippen LogP contribution in [0.5, 0.6) is 11.5 Å². The third kappa shape index (κ3) is 4.69. The summed E-state index contributed by atoms with van der Waals surface area (Å²) in [6, 6.07) is 10.7. The van der Waals surface area contributed by atoms with E-state index in [0.29, 0.717) is 5.76 Å². The summed E-state index contributed by atoms with van der Waals surface area (Å²) in [5.41, 5.74) is -0.154. The number of rotatable bonds is 5. The van der Waals surface area contributed by atoms with Crippen LogP contribution in [0.3, 0.4) is 0 Å². The SMILES string of the molecule is COc1ccc(Cl)cc1/C(O)=C1\C(=O)C(=O)N(c2ccc(OC(F)(F)F)cc2)C1c1ccc(C)o1. The van der Waals surface area contributed by atoms with Gasteiger partial charge < -0.3 is 19.0 Å². The van der Waals surface area contributed by atoms with E-state index in [1.54, 1.807) is 13.0 Å². The van der Waals surface area contributed by atoms with Crippen LogP contribution in [0.25, 0.3) is 5.76 Å². The van der Waals surface area contributed by atoms with Gasteiger partial charge in [0.15, 0.2) is 0 Å². The Balaban J connectivity index is 1.88. The summed E-state index contributed by atoms with van der Waals surface area (Å²) in [6.07, 6.45) is -4.90. The molecule has 4 rings (SSSR count). The average molecular weight is 508 g/mol. The minimum Gasteiger partial charge on any atom is -0.507 e. The zero-order valence-electron chi connectivity index (χ0n) is 18.2. The van der Waals surface area contributed by atoms with E-state index in [1.165, 1.54) is 43.5 Å². The first kappa shape index (κ1) is 24.2. The number of carbonyl (C=O) groups is 2. The molecule has 0 radical (unpaired) electrons. The van der Waals surface area contributed by atoms with E-state index < -0.39 is 35.6 Å². The van der Waals surface area contributed by atoms with Crippen LogP contribution >= 0.6 is 11.6 Å². The number of hydrogen-bond acceptors (Lipinski definition) is 6. The van der Waals surface area contributed by atoms with E-state index in [1.807, 2.05) is 0 Å². The predicted octanol–water partition coefficient (Wildman–Crippen LogP) is 5.77. The van der Waals surface area contributed by atoms with Gasteiger partial charge in [-0.2, -0.15) is 0 Å². The highest BCUT2D eigenvalue weighted by molar-refractivity contribution is 6.51. The van der Waals surface area contributed by atoms with Crippen molar-refractivity contribution in [1.29, 1.82) is 0 Å². The van der Waals surface area contributed by atoms with Gasteiger partial charge in [-0.3, -0.25) is 14.5 Å². The lowest BCUT2D eigenvalue weighted by atomic mass is 9.98. The van der Waals surface area contributed by atoms with Crippen LogP contribution in [-0.2, 0) is 9.59 Å². The van der Waals surface area contributed by atoms with Crippen molar-refractivity contribution in [2.24, 2.45) is 0 Å². The molecule has 1 N–H and O–H groups in total. The van der Waals surface area contributed by atoms with E-state index in [4.69, 9.17) is 20.8 Å². The van der Waals surface area contributed by atoms with Crippen molar-refractivity contribution in [3.63, 3.8) is 0 Å². The number of amides is 1. The minimum atomic E-state index is -4.90. The Morgan fingerprint density at radius 1 is 1.09 bits per heavy atom. The molecule has 1 aromatic heterocycles. The normalized spacial score (nSPS) is 17.7. The number of Topliss-reactive ketones (excluding diaryl/α,β-unsaturated/α-hetero) is 1. The molecule has 11 heteroatoms. The summed E-state index contributed by atoms with van der Waals surface area (Å²) in [7, 11) is 1.36. The first-order valence-corrected chi connectivity index (χ1v) is 10.4. The Morgan fingerprint density at radius 3 is 2.34 bits per heavy atom. The van der Waals surface area contributed by atoms with Crippen molar-refractivity contribution in [2.45, 2.75) is 19.3 Å². The first-order chi connectivity index (χ1) is 16.5. The zero-order chi connectivity index (χ0) is 25.5. The number of ether oxygens (including phenoxy) is 2. The smallest absolute Gasteiger partial charge is 0.507 e. The third-order valence-electron chi connectivity index (χ3n) is 5.24. The highest BCUT2D eigenvalue weighted by Gasteiger charge is 2.48. The quantitative estimate of drug-likeness (QED) is 0.268. The highest BCUT2D eigenvalue weighted by Crippen LogP contribution is 2.44. The first-order valence-electron chi connectivity index (χ1n) is 10.1. The molecule has 1 atom stereocenters. The number of benzene rings is 2. The summed E-state index contributed by atoms with van der Waals surface area (Å²) < 4.78 is 52.4. The largest absolute Gasteiger partial charge is 0.573 e. The van der Waals surface area contributed by atoms with Crippen LogP contribution in [0.1, 0.15) is 23.1 Å². The standard InChI is InChI=1S/C24H17ClF3NO6/c1-12-3-9-18(34-12)20-19(21(30)16-11-13(25)4-10-17(16)33-2)22(31)23(32)29(20)14-5-7-15(8-6-14)35-24(26,27)28/h3-11,20,30H,1-2H3/b21-19+. The molecule has 35 heavy (non-hydrogen) atoms. The van der Waals surface area contributed by atoms with Crippen molar-refractivity contribution < 1.29 is 41.8 Å². The molecule has 1 aliphatic rings. The number of furan rings is 1. The molecule has 0 aliphatic carbocycles. The van der Waals surface area contributed by atoms with Crippen LogP contribution < -0.4 is 14.4 Å². The maximum Gasteiger partial charge on any atom is 0.573 e. The lowest BCUT2D eigenvalue weighted by molar-refractivity contribution is -0.274. The second-order valence-electron chi connectivity index (χ2n) is 7.50. The van der Waals surface area contributed by atoms with Crippen LogP contribution in [0.4, 0.5) is 18.9 Å². The predicted molar refractivity (Wildman–Crippen MR) is 119 cm³/mol. The topological polar surface area (TPSA) is 89.2 Å². The number of aliphatic hydroxyl groups is 1. The van der Waals surface area contributed by atoms with Gasteiger partial charge >= 0.3 is 6.36 Å². The van der Waals surface area contributed by atoms with Crippen molar-refractivity contribution >= 4 is 34.7 Å². The number of carbonyl (C=O) groups excluding carboxylic acids is 2. The van der Waals surface area contributed by atoms with Gasteiger partial charge in [-0.05, 0) is 61.5 Å². The summed E-state index contributed by atoms with van der Waals surface area (Å²) in [5, 5.41) is 11.4. The summed E-state index contributed by atoms with van der Waals surface area (Å²) in [4.78, 5) is 27.3. The molecule has 1 aliphatic heterocycles. The molecule has 0 spiro atoms. The van der Waals surface area contributed by atoms with Gasteiger partial charge in [-0.15, -0.1) is 13.2 Å². The Labute approximate surface area is 201 Å². The Kier molecular flexibility index (Phi) is 6.25. The molecule has 1 amide bonds. The Bertz CT molecular complexity index is 1330. The minimum absolute atomic E-state index is 0.0696. The van der Waals surface area contributed by atoms with Gasteiger partial charge in [0.25, 0.3) is 11.7 Å². The fraction of sp³-hybridized carbons (Fsp3) is 0.167. The Hall–Kier alpha value is -3.92. The van der Waals surface area contributed by atoms with Gasteiger partial charge in [0.2, 0.25) is 0 Å². The van der Waals surface area contributed by atoms with Gasteiger partial charge in [-0.25, -0.2) is 0 Å². The molecule has 1 saturated heterocycles. The number of methoxy groups -OCH3 is 1. The van der Waals surface area contributed by atoms with Crippen molar-refractivity contribution in [3.8, 4) is 11.5 Å². The lowest BCUT2D eigenvalue weighted by Gasteiger charge is -2.24. The molecule has 1 fully saturated rings. The van der Waals surface area contributed by atoms with Crippen LogP contribution in [0, 0.1) is 6.92 Å². The highest BCUT2D eigenvalue weighted by atomic mass is 35.5. The number of alkyl halides is 3. The summed E-state index contributed by atoms with van der Waals surface area (Å²) in [6.45, 7) is 1.65. The van der Waals surface area contributed by atoms with Crippen molar-refractivity contribution in [3.05, 3.63) is 82.3 Å². The summed E-state index contributed by atoms with van der Waals surface area (Å²) >= 11 is 6.07. The van der Waals surface area contributed by atoms with E-state index in [2.05, 4.69) is 4.74 Å². The van der Waals surface area contributed by atoms with Gasteiger partial charge in [0, 0.05) is 10.7 Å². The van der Waals surface area contributed by atoms with E-state index in [9.17, 15) is 27.9 Å². The molecular weight excluding hydrogens is 491 g/mol. The Morgan fingerprint density at radius 2 is 1.77 bits per heavy atom. The molecule has 2 aromatic carbocycles. The maximum absolute atomic E-state index is 13.1. The number of halogens is 4. The second kappa shape index (κ2) is 9.03. The van der Waals surface area contributed by atoms with E-state index >= 15 is 0 Å². The molecule has 1 unspecified atom stereocenters. The molecule has 7 nitrogen and oxygen atoms in total. The maximum atomic E-state index is 13.1. The average Bonchev–Trinajstić information content (AvgIpc) is 3.33. The molecule has 0 bridgehead atoms. The molecule has 3 aromatic rings. The monoisotopic (exact) mass is 507 g/mol. The zero-order valence-corrected chi connectivity index (χ0v) is 19.0. The van der Waals surface area contributed by atoms with Crippen LogP contribution in [0.15, 0.2) is 64.6 Å². The van der Waals surface area contributed by atoms with Gasteiger partial charge in [0.05, 0.1) is 18.2 Å². The number of aryl methyl sites for hydroxylation is 1. The van der Waals surface area contributed by atoms with Gasteiger partial charge in [0.1, 0.15) is 34.8 Å². The third-order valence-corrected chi connectivity index (χ3v) is 5.48. The fourth-order valence-corrected chi connectivity index (χ4v) is 3.96. The van der Waals surface area contributed by atoms with Crippen molar-refractivity contribution in [1.82, 2.24) is 0 Å². The molecule has 0 saturated carbocycles. The number of hydrogen-bond donors (Lipinski definition) is 1. The lowest BCUT2D eigenvalue weighted by Crippen LogP contribution is -2.29. The number of aliphatic hydroxyl groups excluding tert-OH is 1. The fourth-order valence-electron chi connectivity index (χ4n) is 3.79. The second-order valence-corrected chi connectivity index (χ2v) is 7.94.